The average molecular weight is 268 g/mol. The number of nitrogens with zero attached hydrogens (tertiary/aromatic N) is 1. The summed E-state index contributed by atoms with van der Waals surface area (Å²) in [5.74, 6) is 0.203. The van der Waals surface area contributed by atoms with E-state index in [1.807, 2.05) is 23.1 Å². The first-order chi connectivity index (χ1) is 9.79. The highest BCUT2D eigenvalue weighted by Gasteiger charge is 2.31. The van der Waals surface area contributed by atoms with E-state index >= 15 is 0 Å². The highest BCUT2D eigenvalue weighted by molar-refractivity contribution is 6.01. The molecule has 2 aromatic carbocycles. The molecule has 1 N–H and O–H groups in total. The number of rotatable bonds is 4. The van der Waals surface area contributed by atoms with Crippen LogP contribution < -0.4 is 10.2 Å². The molecule has 1 amide bonds. The molecule has 3 nitrogen and oxygen atoms in total. The Morgan fingerprint density at radius 2 is 2.00 bits per heavy atom. The van der Waals surface area contributed by atoms with Gasteiger partial charge in [0.2, 0.25) is 5.91 Å². The molecule has 1 atom stereocenters. The smallest absolute Gasteiger partial charge is 0.244 e. The second-order valence-corrected chi connectivity index (χ2v) is 5.32. The molecule has 1 saturated heterocycles. The fraction of sp³-hybridized carbons (Fsp3) is 0.353. The van der Waals surface area contributed by atoms with Crippen LogP contribution in [-0.2, 0) is 4.79 Å². The van der Waals surface area contributed by atoms with Crippen LogP contribution in [0.4, 0.5) is 5.69 Å². The fourth-order valence-corrected chi connectivity index (χ4v) is 2.79. The van der Waals surface area contributed by atoms with Crippen molar-refractivity contribution in [3.05, 3.63) is 42.5 Å². The van der Waals surface area contributed by atoms with Gasteiger partial charge in [-0.2, -0.15) is 0 Å². The van der Waals surface area contributed by atoms with Crippen molar-refractivity contribution in [2.24, 2.45) is 0 Å². The van der Waals surface area contributed by atoms with Gasteiger partial charge in [0.15, 0.2) is 0 Å². The van der Waals surface area contributed by atoms with Crippen LogP contribution >= 0.6 is 0 Å². The topological polar surface area (TPSA) is 32.3 Å². The summed E-state index contributed by atoms with van der Waals surface area (Å²) in [6.07, 6.45) is 1.95. The Kier molecular flexibility index (Phi) is 3.70. The summed E-state index contributed by atoms with van der Waals surface area (Å²) in [5, 5.41) is 5.72. The van der Waals surface area contributed by atoms with E-state index in [1.165, 1.54) is 10.8 Å². The molecule has 1 aliphatic rings. The van der Waals surface area contributed by atoms with Crippen LogP contribution in [0.3, 0.4) is 0 Å². The largest absolute Gasteiger partial charge is 0.311 e. The zero-order chi connectivity index (χ0) is 13.9. The average Bonchev–Trinajstić information content (AvgIpc) is 2.85. The van der Waals surface area contributed by atoms with Gasteiger partial charge in [-0.25, -0.2) is 0 Å². The van der Waals surface area contributed by atoms with E-state index in [0.717, 1.165) is 31.6 Å². The third-order valence-corrected chi connectivity index (χ3v) is 3.89. The van der Waals surface area contributed by atoms with Gasteiger partial charge in [-0.05, 0) is 42.3 Å². The molecule has 0 saturated carbocycles. The normalized spacial score (nSPS) is 18.9. The van der Waals surface area contributed by atoms with Crippen molar-refractivity contribution in [1.29, 1.82) is 0 Å². The quantitative estimate of drug-likeness (QED) is 0.924. The summed E-state index contributed by atoms with van der Waals surface area (Å²) < 4.78 is 0. The van der Waals surface area contributed by atoms with E-state index in [2.05, 4.69) is 36.5 Å². The minimum atomic E-state index is -0.0126. The molecule has 1 unspecified atom stereocenters. The monoisotopic (exact) mass is 268 g/mol. The van der Waals surface area contributed by atoms with Crippen molar-refractivity contribution >= 4 is 22.4 Å². The predicted molar refractivity (Wildman–Crippen MR) is 83.0 cm³/mol. The molecule has 0 bridgehead atoms. The van der Waals surface area contributed by atoms with Crippen LogP contribution in [0.5, 0.6) is 0 Å². The van der Waals surface area contributed by atoms with Gasteiger partial charge in [0.25, 0.3) is 0 Å². The third-order valence-electron chi connectivity index (χ3n) is 3.89. The molecule has 3 heteroatoms. The summed E-state index contributed by atoms with van der Waals surface area (Å²) in [4.78, 5) is 14.3. The molecule has 0 radical (unpaired) electrons. The maximum Gasteiger partial charge on any atom is 0.244 e. The van der Waals surface area contributed by atoms with E-state index in [4.69, 9.17) is 0 Å². The molecular formula is C17H20N2O. The number of carbonyl (C=O) groups excluding carboxylic acids is 1. The number of anilines is 1. The van der Waals surface area contributed by atoms with Crippen LogP contribution in [0.2, 0.25) is 0 Å². The number of fused-ring (bicyclic) bond motifs is 1. The number of hydrogen-bond acceptors (Lipinski definition) is 2. The number of carbonyl (C=O) groups is 1. The van der Waals surface area contributed by atoms with E-state index in [-0.39, 0.29) is 11.9 Å². The fourth-order valence-electron chi connectivity index (χ4n) is 2.79. The second-order valence-electron chi connectivity index (χ2n) is 5.32. The van der Waals surface area contributed by atoms with Crippen molar-refractivity contribution in [3.63, 3.8) is 0 Å². The minimum Gasteiger partial charge on any atom is -0.311 e. The molecular weight excluding hydrogens is 248 g/mol. The van der Waals surface area contributed by atoms with Gasteiger partial charge in [-0.3, -0.25) is 4.79 Å². The van der Waals surface area contributed by atoms with Gasteiger partial charge < -0.3 is 10.2 Å². The molecule has 1 heterocycles. The Balaban J connectivity index is 1.83. The number of nitrogens with one attached hydrogen (secondary N) is 1. The number of benzene rings is 2. The third kappa shape index (κ3) is 2.41. The van der Waals surface area contributed by atoms with E-state index in [1.54, 1.807) is 0 Å². The summed E-state index contributed by atoms with van der Waals surface area (Å²) in [6.45, 7) is 3.83. The summed E-state index contributed by atoms with van der Waals surface area (Å²) >= 11 is 0. The molecule has 0 aromatic heterocycles. The summed E-state index contributed by atoms with van der Waals surface area (Å²) in [6, 6.07) is 14.5. The van der Waals surface area contributed by atoms with Crippen molar-refractivity contribution in [2.75, 3.05) is 18.0 Å². The molecule has 20 heavy (non-hydrogen) atoms. The standard InChI is InChI=1S/C17H20N2O/c1-2-10-18-16-9-11-19(17(16)20)15-8-7-13-5-3-4-6-14(13)12-15/h3-8,12,16,18H,2,9-11H2,1H3. The molecule has 1 aliphatic heterocycles. The van der Waals surface area contributed by atoms with Gasteiger partial charge in [-0.1, -0.05) is 37.3 Å². The lowest BCUT2D eigenvalue weighted by Crippen LogP contribution is -2.38. The molecule has 104 valence electrons. The molecule has 0 spiro atoms. The Morgan fingerprint density at radius 1 is 1.20 bits per heavy atom. The minimum absolute atomic E-state index is 0.0126. The maximum atomic E-state index is 12.4. The Hall–Kier alpha value is -1.87. The van der Waals surface area contributed by atoms with Crippen molar-refractivity contribution in [3.8, 4) is 0 Å². The predicted octanol–water partition coefficient (Wildman–Crippen LogP) is 2.94. The first-order valence-electron chi connectivity index (χ1n) is 7.33. The highest BCUT2D eigenvalue weighted by atomic mass is 16.2. The Labute approximate surface area is 119 Å². The van der Waals surface area contributed by atoms with Crippen molar-refractivity contribution in [2.45, 2.75) is 25.8 Å². The van der Waals surface area contributed by atoms with E-state index < -0.39 is 0 Å². The van der Waals surface area contributed by atoms with Crippen LogP contribution in [0, 0.1) is 0 Å². The zero-order valence-electron chi connectivity index (χ0n) is 11.8. The first-order valence-corrected chi connectivity index (χ1v) is 7.33. The van der Waals surface area contributed by atoms with E-state index in [0.29, 0.717) is 0 Å². The number of hydrogen-bond donors (Lipinski definition) is 1. The highest BCUT2D eigenvalue weighted by Crippen LogP contribution is 2.25. The van der Waals surface area contributed by atoms with E-state index in [9.17, 15) is 4.79 Å². The number of amides is 1. The van der Waals surface area contributed by atoms with Gasteiger partial charge in [-0.15, -0.1) is 0 Å². The van der Waals surface area contributed by atoms with Crippen LogP contribution in [0.15, 0.2) is 42.5 Å². The lowest BCUT2D eigenvalue weighted by molar-refractivity contribution is -0.118. The van der Waals surface area contributed by atoms with Crippen LogP contribution in [0.1, 0.15) is 19.8 Å². The zero-order valence-corrected chi connectivity index (χ0v) is 11.8. The van der Waals surface area contributed by atoms with Crippen molar-refractivity contribution < 1.29 is 4.79 Å². The second kappa shape index (κ2) is 5.63. The van der Waals surface area contributed by atoms with Gasteiger partial charge >= 0.3 is 0 Å². The van der Waals surface area contributed by atoms with Crippen LogP contribution in [-0.4, -0.2) is 25.0 Å². The first kappa shape index (κ1) is 13.1. The van der Waals surface area contributed by atoms with Crippen molar-refractivity contribution in [1.82, 2.24) is 5.32 Å². The Bertz CT molecular complexity index is 623. The molecule has 0 aliphatic carbocycles. The maximum absolute atomic E-state index is 12.4. The molecule has 2 aromatic rings. The van der Waals surface area contributed by atoms with Crippen LogP contribution in [0.25, 0.3) is 10.8 Å². The lowest BCUT2D eigenvalue weighted by Gasteiger charge is -2.18. The lowest BCUT2D eigenvalue weighted by atomic mass is 10.1. The van der Waals surface area contributed by atoms with Gasteiger partial charge in [0.1, 0.15) is 0 Å². The molecule has 3 rings (SSSR count). The summed E-state index contributed by atoms with van der Waals surface area (Å²) in [7, 11) is 0. The Morgan fingerprint density at radius 3 is 2.80 bits per heavy atom. The SMILES string of the molecule is CCCNC1CCN(c2ccc3ccccc3c2)C1=O. The summed E-state index contributed by atoms with van der Waals surface area (Å²) in [5.41, 5.74) is 1.01. The molecule has 1 fully saturated rings. The van der Waals surface area contributed by atoms with Gasteiger partial charge in [0.05, 0.1) is 6.04 Å². The van der Waals surface area contributed by atoms with Gasteiger partial charge in [0, 0.05) is 12.2 Å².